The molecule has 0 saturated heterocycles. The molecule has 3 aliphatic heterocycles. The van der Waals surface area contributed by atoms with Crippen molar-refractivity contribution in [2.75, 3.05) is 55.7 Å². The fourth-order valence-electron chi connectivity index (χ4n) is 7.12. The molecule has 4 aromatic rings. The Morgan fingerprint density at radius 1 is 0.745 bits per heavy atom. The van der Waals surface area contributed by atoms with Gasteiger partial charge in [0.1, 0.15) is 17.9 Å². The van der Waals surface area contributed by atoms with Gasteiger partial charge in [-0.2, -0.15) is 5.11 Å². The summed E-state index contributed by atoms with van der Waals surface area (Å²) in [4.78, 5) is 4.49. The van der Waals surface area contributed by atoms with Crippen LogP contribution < -0.4 is 14.4 Å². The third kappa shape index (κ3) is 8.58. The van der Waals surface area contributed by atoms with Gasteiger partial charge >= 0.3 is 5.84 Å². The average Bonchev–Trinajstić information content (AvgIpc) is 3.38. The number of azo groups is 2. The molecule has 2 aromatic heterocycles. The van der Waals surface area contributed by atoms with Gasteiger partial charge in [-0.05, 0) is 90.5 Å². The maximum atomic E-state index is 9.35. The minimum atomic E-state index is 0.0262. The van der Waals surface area contributed by atoms with Crippen LogP contribution in [0.5, 0.6) is 0 Å². The zero-order chi connectivity index (χ0) is 34.8. The summed E-state index contributed by atoms with van der Waals surface area (Å²) in [6.45, 7) is 6.55. The van der Waals surface area contributed by atoms with Gasteiger partial charge in [0.25, 0.3) is 0 Å². The highest BCUT2D eigenvalue weighted by atomic mass is 16.3. The van der Waals surface area contributed by atoms with Gasteiger partial charge in [-0.3, -0.25) is 9.36 Å². The molecule has 2 aromatic carbocycles. The number of nitrogens with zero attached hydrogens (tertiary/aromatic N) is 10. The Labute approximate surface area is 299 Å². The van der Waals surface area contributed by atoms with Crippen molar-refractivity contribution in [3.8, 4) is 0 Å². The molecule has 12 heteroatoms. The standard InChI is InChI=1S/C39H48N10O2/c50-27-25-45(26-28-51)37-13-11-34(12-14-37)40-43-38-10-2-1-3-16-46(38)20-22-49-24-23-48(49)21-19-44-15-6-9-35(31-44)41-42-36-29-32-7-4-17-47-18-5-8-33(30-36)39(32)47/h1-3,6,9,11-16,23-24,29-31,50-51H,4-5,7-8,10,17-22,25-28H2/q+2. The molecule has 0 unspecified atom stereocenters. The van der Waals surface area contributed by atoms with Crippen molar-refractivity contribution in [3.63, 3.8) is 0 Å². The first-order chi connectivity index (χ1) is 25.2. The number of aryl methyl sites for hydroxylation is 4. The summed E-state index contributed by atoms with van der Waals surface area (Å²) in [6.07, 6.45) is 22.0. The number of hydrogen-bond acceptors (Lipinski definition) is 8. The fraction of sp³-hybridized carbons (Fsp3) is 0.385. The zero-order valence-corrected chi connectivity index (χ0v) is 29.2. The molecule has 0 saturated carbocycles. The minimum Gasteiger partial charge on any atom is -0.395 e. The third-order valence-electron chi connectivity index (χ3n) is 9.72. The second-order valence-corrected chi connectivity index (χ2v) is 13.2. The summed E-state index contributed by atoms with van der Waals surface area (Å²) in [7, 11) is 0. The van der Waals surface area contributed by atoms with Crippen LogP contribution in [-0.2, 0) is 32.5 Å². The van der Waals surface area contributed by atoms with Gasteiger partial charge in [-0.1, -0.05) is 12.2 Å². The molecule has 0 amide bonds. The highest BCUT2D eigenvalue weighted by Gasteiger charge is 2.24. The number of amidine groups is 1. The van der Waals surface area contributed by atoms with Crippen molar-refractivity contribution in [2.24, 2.45) is 20.5 Å². The molecule has 7 rings (SSSR count). The summed E-state index contributed by atoms with van der Waals surface area (Å²) < 4.78 is 8.80. The van der Waals surface area contributed by atoms with Crippen LogP contribution in [0.4, 0.5) is 28.4 Å². The maximum absolute atomic E-state index is 9.35. The van der Waals surface area contributed by atoms with Gasteiger partial charge in [-0.25, -0.2) is 9.14 Å². The number of hydrogen-bond donors (Lipinski definition) is 2. The first-order valence-corrected chi connectivity index (χ1v) is 18.1. The van der Waals surface area contributed by atoms with E-state index in [0.717, 1.165) is 67.6 Å². The van der Waals surface area contributed by atoms with E-state index in [0.29, 0.717) is 19.5 Å². The van der Waals surface area contributed by atoms with E-state index in [9.17, 15) is 10.2 Å². The Morgan fingerprint density at radius 2 is 1.43 bits per heavy atom. The highest BCUT2D eigenvalue weighted by molar-refractivity contribution is 5.80. The molecule has 0 atom stereocenters. The first kappa shape index (κ1) is 34.3. The van der Waals surface area contributed by atoms with Crippen molar-refractivity contribution in [3.05, 3.63) is 109 Å². The van der Waals surface area contributed by atoms with Gasteiger partial charge < -0.3 is 20.0 Å². The molecule has 264 valence electrons. The van der Waals surface area contributed by atoms with Crippen LogP contribution in [0.25, 0.3) is 0 Å². The number of aliphatic hydroxyl groups is 2. The van der Waals surface area contributed by atoms with Gasteiger partial charge in [0.05, 0.1) is 49.7 Å². The molecule has 0 bridgehead atoms. The lowest BCUT2D eigenvalue weighted by Crippen LogP contribution is -2.37. The van der Waals surface area contributed by atoms with Gasteiger partial charge in [0, 0.05) is 56.0 Å². The number of aromatic nitrogens is 3. The van der Waals surface area contributed by atoms with Crippen LogP contribution in [-0.4, -0.2) is 75.9 Å². The molecule has 51 heavy (non-hydrogen) atoms. The molecule has 5 heterocycles. The van der Waals surface area contributed by atoms with Gasteiger partial charge in [-0.15, -0.1) is 5.11 Å². The summed E-state index contributed by atoms with van der Waals surface area (Å²) in [5.74, 6) is 0.876. The minimum absolute atomic E-state index is 0.0262. The predicted octanol–water partition coefficient (Wildman–Crippen LogP) is 5.85. The number of rotatable bonds is 14. The fourth-order valence-corrected chi connectivity index (χ4v) is 7.12. The molecule has 0 radical (unpaired) electrons. The quantitative estimate of drug-likeness (QED) is 0.128. The van der Waals surface area contributed by atoms with Crippen LogP contribution in [0.1, 0.15) is 30.4 Å². The predicted molar refractivity (Wildman–Crippen MR) is 199 cm³/mol. The van der Waals surface area contributed by atoms with Crippen molar-refractivity contribution < 1.29 is 19.4 Å². The normalized spacial score (nSPS) is 15.7. The van der Waals surface area contributed by atoms with Crippen LogP contribution in [0.15, 0.2) is 118 Å². The Balaban J connectivity index is 0.950. The van der Waals surface area contributed by atoms with E-state index in [1.54, 1.807) is 0 Å². The molecule has 12 nitrogen and oxygen atoms in total. The number of anilines is 2. The summed E-state index contributed by atoms with van der Waals surface area (Å²) >= 11 is 0. The Morgan fingerprint density at radius 3 is 2.14 bits per heavy atom. The number of allylic oxidation sites excluding steroid dienone is 2. The van der Waals surface area contributed by atoms with E-state index < -0.39 is 0 Å². The third-order valence-corrected chi connectivity index (χ3v) is 9.72. The number of aliphatic hydroxyl groups excluding tert-OH is 2. The molecular formula is C39H48N10O2+2. The SMILES string of the molecule is OCCN(CCO)c1ccc(N=NC2=[N+](CCn3ccn3CC[n+]3cccc(N=Nc4cc5c6c(c4)CCCN6CCC5)c3)C=CC=CC2)cc1. The van der Waals surface area contributed by atoms with E-state index >= 15 is 0 Å². The van der Waals surface area contributed by atoms with Crippen LogP contribution >= 0.6 is 0 Å². The second kappa shape index (κ2) is 16.7. The first-order valence-electron chi connectivity index (χ1n) is 18.1. The highest BCUT2D eigenvalue weighted by Crippen LogP contribution is 2.38. The lowest BCUT2D eigenvalue weighted by Gasteiger charge is -2.36. The molecule has 0 spiro atoms. The van der Waals surface area contributed by atoms with E-state index in [1.807, 2.05) is 53.5 Å². The van der Waals surface area contributed by atoms with Crippen molar-refractivity contribution in [1.82, 2.24) is 9.36 Å². The summed E-state index contributed by atoms with van der Waals surface area (Å²) in [5, 5.41) is 37.1. The van der Waals surface area contributed by atoms with E-state index in [-0.39, 0.29) is 13.2 Å². The van der Waals surface area contributed by atoms with E-state index in [2.05, 4.69) is 93.1 Å². The molecule has 2 N–H and O–H groups in total. The summed E-state index contributed by atoms with van der Waals surface area (Å²) in [5.41, 5.74) is 7.79. The molecular weight excluding hydrogens is 640 g/mol. The number of benzene rings is 2. The molecule has 3 aliphatic rings. The van der Waals surface area contributed by atoms with E-state index in [1.165, 1.54) is 42.7 Å². The monoisotopic (exact) mass is 688 g/mol. The topological polar surface area (TPSA) is 113 Å². The summed E-state index contributed by atoms with van der Waals surface area (Å²) in [6, 6.07) is 16.2. The molecule has 0 fully saturated rings. The largest absolute Gasteiger partial charge is 0.395 e. The lowest BCUT2D eigenvalue weighted by atomic mass is 9.91. The van der Waals surface area contributed by atoms with Gasteiger partial charge in [0.15, 0.2) is 18.9 Å². The molecule has 0 aliphatic carbocycles. The van der Waals surface area contributed by atoms with Gasteiger partial charge in [0.2, 0.25) is 0 Å². The second-order valence-electron chi connectivity index (χ2n) is 13.2. The Hall–Kier alpha value is -5.20. The average molecular weight is 689 g/mol. The van der Waals surface area contributed by atoms with Crippen molar-refractivity contribution in [2.45, 2.75) is 51.7 Å². The number of pyridine rings is 1. The zero-order valence-electron chi connectivity index (χ0n) is 29.2. The van der Waals surface area contributed by atoms with Crippen LogP contribution in [0, 0.1) is 0 Å². The van der Waals surface area contributed by atoms with Crippen LogP contribution in [0.2, 0.25) is 0 Å². The maximum Gasteiger partial charge on any atom is 0.330 e. The van der Waals surface area contributed by atoms with E-state index in [4.69, 9.17) is 0 Å². The van der Waals surface area contributed by atoms with Crippen LogP contribution in [0.3, 0.4) is 0 Å². The van der Waals surface area contributed by atoms with Crippen molar-refractivity contribution >= 4 is 34.3 Å². The Kier molecular flexibility index (Phi) is 11.2. The smallest absolute Gasteiger partial charge is 0.330 e. The lowest BCUT2D eigenvalue weighted by molar-refractivity contribution is -0.697. The Bertz CT molecular complexity index is 1900. The van der Waals surface area contributed by atoms with Crippen molar-refractivity contribution in [1.29, 1.82) is 0 Å².